The van der Waals surface area contributed by atoms with Crippen molar-refractivity contribution in [2.45, 2.75) is 43.8 Å². The second-order valence-corrected chi connectivity index (χ2v) is 16.6. The van der Waals surface area contributed by atoms with Crippen LogP contribution in [0.4, 0.5) is 11.4 Å². The van der Waals surface area contributed by atoms with Crippen molar-refractivity contribution in [3.63, 3.8) is 0 Å². The van der Waals surface area contributed by atoms with Crippen molar-refractivity contribution in [1.29, 1.82) is 0 Å². The van der Waals surface area contributed by atoms with Crippen LogP contribution in [0.5, 0.6) is 0 Å². The minimum Gasteiger partial charge on any atom is -0.379 e. The number of aromatic nitrogens is 2. The van der Waals surface area contributed by atoms with Gasteiger partial charge in [0.2, 0.25) is 11.8 Å². The van der Waals surface area contributed by atoms with E-state index in [9.17, 15) is 33.6 Å². The van der Waals surface area contributed by atoms with Gasteiger partial charge in [-0.15, -0.1) is 0 Å². The maximum Gasteiger partial charge on any atom is 0.282 e. The Morgan fingerprint density at radius 3 is 2.28 bits per heavy atom. The van der Waals surface area contributed by atoms with Crippen LogP contribution in [0, 0.1) is 0 Å². The van der Waals surface area contributed by atoms with Gasteiger partial charge in [0, 0.05) is 76.5 Å². The second kappa shape index (κ2) is 16.9. The number of likely N-dealkylation sites (N-methyl/N-ethyl adjacent to an activating group) is 1. The lowest BCUT2D eigenvalue weighted by Gasteiger charge is -2.37. The second-order valence-electron chi connectivity index (χ2n) is 15.8. The largest absolute Gasteiger partial charge is 0.379 e. The summed E-state index contributed by atoms with van der Waals surface area (Å²) in [6, 6.07) is 18.6. The third-order valence-corrected chi connectivity index (χ3v) is 12.5. The predicted octanol–water partition coefficient (Wildman–Crippen LogP) is 3.05. The molecule has 3 saturated heterocycles. The average molecular weight is 879 g/mol. The van der Waals surface area contributed by atoms with E-state index in [0.29, 0.717) is 54.0 Å². The molecule has 8 rings (SSSR count). The van der Waals surface area contributed by atoms with Crippen molar-refractivity contribution < 1.29 is 28.8 Å². The Labute approximate surface area is 354 Å². The van der Waals surface area contributed by atoms with Crippen LogP contribution < -0.4 is 21.5 Å². The van der Waals surface area contributed by atoms with Gasteiger partial charge in [-0.2, -0.15) is 5.10 Å². The number of piperidine rings is 2. The summed E-state index contributed by atoms with van der Waals surface area (Å²) in [7, 11) is 3.70. The third kappa shape index (κ3) is 8.24. The van der Waals surface area contributed by atoms with Gasteiger partial charge in [-0.05, 0) is 89.3 Å². The molecule has 1 aromatic heterocycles. The van der Waals surface area contributed by atoms with Crippen LogP contribution in [0.1, 0.15) is 77.7 Å². The standard InChI is InChI=1S/C43H44BrN9O7/c1-49-23-29(20-30(24-49)46-33-21-45-50(2)43(60)37(33)44)26-10-12-28(13-11-26)40(57)52-18-16-51(17-19-52)22-25-6-8-27(9-7-25)38(55)47-32-5-3-4-31-36(32)42(59)53(41(31)58)34-14-15-35(54)48-39(34)56/h3-13,21,29-30,34,46H,14-20,22-24H2,1-2H3,(H,47,55)(H,48,54,56)/t29-,30+,34?/m0/s1. The van der Waals surface area contributed by atoms with Crippen LogP contribution in [0.3, 0.4) is 0 Å². The minimum atomic E-state index is -1.11. The number of fused-ring (bicyclic) bond motifs is 1. The molecule has 4 aliphatic heterocycles. The highest BCUT2D eigenvalue weighted by Gasteiger charge is 2.45. The van der Waals surface area contributed by atoms with E-state index >= 15 is 0 Å². The van der Waals surface area contributed by atoms with Crippen molar-refractivity contribution in [3.05, 3.63) is 121 Å². The minimum absolute atomic E-state index is 0.00122. The maximum atomic E-state index is 13.5. The molecule has 17 heteroatoms. The number of nitrogens with zero attached hydrogens (tertiary/aromatic N) is 6. The van der Waals surface area contributed by atoms with Crippen LogP contribution in [0.2, 0.25) is 0 Å². The highest BCUT2D eigenvalue weighted by Crippen LogP contribution is 2.33. The molecule has 5 heterocycles. The molecular formula is C43H44BrN9O7. The molecule has 3 atom stereocenters. The molecule has 3 fully saturated rings. The van der Waals surface area contributed by atoms with Crippen LogP contribution >= 0.6 is 15.9 Å². The number of hydrogen-bond donors (Lipinski definition) is 3. The molecule has 3 N–H and O–H groups in total. The first-order valence-corrected chi connectivity index (χ1v) is 20.7. The number of imide groups is 2. The van der Waals surface area contributed by atoms with Gasteiger partial charge < -0.3 is 20.4 Å². The number of likely N-dealkylation sites (tertiary alicyclic amines) is 1. The fourth-order valence-corrected chi connectivity index (χ4v) is 8.99. The van der Waals surface area contributed by atoms with E-state index in [-0.39, 0.29) is 53.1 Å². The van der Waals surface area contributed by atoms with Gasteiger partial charge in [0.15, 0.2) is 0 Å². The maximum absolute atomic E-state index is 13.5. The zero-order valence-corrected chi connectivity index (χ0v) is 34.7. The monoisotopic (exact) mass is 877 g/mol. The fourth-order valence-electron chi connectivity index (χ4n) is 8.52. The molecule has 1 unspecified atom stereocenters. The predicted molar refractivity (Wildman–Crippen MR) is 225 cm³/mol. The summed E-state index contributed by atoms with van der Waals surface area (Å²) in [5, 5.41) is 12.6. The topological polar surface area (TPSA) is 186 Å². The molecule has 310 valence electrons. The molecule has 3 aromatic carbocycles. The summed E-state index contributed by atoms with van der Waals surface area (Å²) in [5.41, 5.74) is 3.88. The number of carbonyl (C=O) groups is 6. The van der Waals surface area contributed by atoms with Crippen LogP contribution in [0.25, 0.3) is 0 Å². The van der Waals surface area contributed by atoms with Crippen molar-refractivity contribution in [1.82, 2.24) is 34.7 Å². The lowest BCUT2D eigenvalue weighted by molar-refractivity contribution is -0.136. The average Bonchev–Trinajstić information content (AvgIpc) is 3.50. The Kier molecular flexibility index (Phi) is 11.5. The fraction of sp³-hybridized carbons (Fsp3) is 0.349. The normalized spacial score (nSPS) is 21.1. The van der Waals surface area contributed by atoms with Crippen molar-refractivity contribution >= 4 is 62.7 Å². The Bertz CT molecular complexity index is 2450. The molecule has 0 spiro atoms. The molecule has 16 nitrogen and oxygen atoms in total. The van der Waals surface area contributed by atoms with E-state index in [1.807, 2.05) is 29.2 Å². The lowest BCUT2D eigenvalue weighted by Crippen LogP contribution is -2.54. The molecule has 60 heavy (non-hydrogen) atoms. The van der Waals surface area contributed by atoms with Crippen LogP contribution in [0.15, 0.2) is 82.2 Å². The van der Waals surface area contributed by atoms with Gasteiger partial charge in [0.05, 0.1) is 28.7 Å². The van der Waals surface area contributed by atoms with Gasteiger partial charge >= 0.3 is 0 Å². The number of rotatable bonds is 9. The van der Waals surface area contributed by atoms with E-state index in [0.717, 1.165) is 35.5 Å². The van der Waals surface area contributed by atoms with E-state index in [1.54, 1.807) is 31.4 Å². The summed E-state index contributed by atoms with van der Waals surface area (Å²) < 4.78 is 1.75. The third-order valence-electron chi connectivity index (χ3n) is 11.7. The quantitative estimate of drug-likeness (QED) is 0.210. The number of benzene rings is 3. The van der Waals surface area contributed by atoms with Gasteiger partial charge in [-0.3, -0.25) is 48.7 Å². The van der Waals surface area contributed by atoms with Crippen LogP contribution in [-0.2, 0) is 23.2 Å². The number of amides is 6. The summed E-state index contributed by atoms with van der Waals surface area (Å²) in [6.45, 7) is 4.89. The number of carbonyl (C=O) groups excluding carboxylic acids is 6. The first-order chi connectivity index (χ1) is 28.8. The summed E-state index contributed by atoms with van der Waals surface area (Å²) in [6.07, 6.45) is 2.57. The first kappa shape index (κ1) is 40.7. The highest BCUT2D eigenvalue weighted by molar-refractivity contribution is 9.10. The van der Waals surface area contributed by atoms with E-state index in [2.05, 4.69) is 66.0 Å². The zero-order chi connectivity index (χ0) is 42.2. The van der Waals surface area contributed by atoms with Gasteiger partial charge in [-0.25, -0.2) is 4.68 Å². The Morgan fingerprint density at radius 2 is 1.57 bits per heavy atom. The number of hydrogen-bond acceptors (Lipinski definition) is 11. The Hall–Kier alpha value is -6.04. The molecule has 0 radical (unpaired) electrons. The number of piperazine rings is 1. The molecule has 4 aromatic rings. The lowest BCUT2D eigenvalue weighted by atomic mass is 9.87. The number of aryl methyl sites for hydroxylation is 1. The number of nitrogens with one attached hydrogen (secondary N) is 3. The first-order valence-electron chi connectivity index (χ1n) is 19.9. The van der Waals surface area contributed by atoms with Gasteiger partial charge in [0.1, 0.15) is 10.5 Å². The summed E-state index contributed by atoms with van der Waals surface area (Å²) >= 11 is 3.41. The van der Waals surface area contributed by atoms with Gasteiger partial charge in [-0.1, -0.05) is 30.3 Å². The summed E-state index contributed by atoms with van der Waals surface area (Å²) in [5.74, 6) is -2.73. The molecule has 4 aliphatic rings. The number of halogens is 1. The van der Waals surface area contributed by atoms with Crippen LogP contribution in [-0.4, -0.2) is 123 Å². The molecule has 0 saturated carbocycles. The van der Waals surface area contributed by atoms with E-state index < -0.39 is 35.6 Å². The van der Waals surface area contributed by atoms with E-state index in [4.69, 9.17) is 0 Å². The van der Waals surface area contributed by atoms with Gasteiger partial charge in [0.25, 0.3) is 29.2 Å². The molecular weight excluding hydrogens is 834 g/mol. The molecule has 0 bridgehead atoms. The Balaban J connectivity index is 0.824. The molecule has 0 aliphatic carbocycles. The summed E-state index contributed by atoms with van der Waals surface area (Å²) in [4.78, 5) is 97.2. The molecule has 6 amide bonds. The number of anilines is 2. The van der Waals surface area contributed by atoms with E-state index in [1.165, 1.54) is 16.8 Å². The smallest absolute Gasteiger partial charge is 0.282 e. The van der Waals surface area contributed by atoms with Crippen molar-refractivity contribution in [2.24, 2.45) is 7.05 Å². The van der Waals surface area contributed by atoms with Crippen molar-refractivity contribution in [2.75, 3.05) is 56.9 Å². The highest BCUT2D eigenvalue weighted by atomic mass is 79.9. The SMILES string of the molecule is CN1C[C@H](Nc2cnn(C)c(=O)c2Br)C[C@H](c2ccc(C(=O)N3CCN(Cc4ccc(C(=O)Nc5cccc6c5C(=O)N(C5CCC(=O)NC5=O)C6=O)cc4)CC3)cc2)C1. The van der Waals surface area contributed by atoms with Crippen molar-refractivity contribution in [3.8, 4) is 0 Å². The zero-order valence-electron chi connectivity index (χ0n) is 33.2. The Morgan fingerprint density at radius 1 is 0.850 bits per heavy atom.